The van der Waals surface area contributed by atoms with Gasteiger partial charge in [0.05, 0.1) is 0 Å². The Morgan fingerprint density at radius 1 is 1.28 bits per heavy atom. The Kier molecular flexibility index (Phi) is 4.01. The predicted molar refractivity (Wildman–Crippen MR) is 68.9 cm³/mol. The molecule has 0 saturated heterocycles. The lowest BCUT2D eigenvalue weighted by atomic mass is 10.1. The summed E-state index contributed by atoms with van der Waals surface area (Å²) < 4.78 is 27.3. The Balaban J connectivity index is 2.10. The maximum Gasteiger partial charge on any atom is 0.282 e. The van der Waals surface area contributed by atoms with Crippen molar-refractivity contribution in [1.82, 2.24) is 8.61 Å². The summed E-state index contributed by atoms with van der Waals surface area (Å²) in [5.41, 5.74) is 2.13. The van der Waals surface area contributed by atoms with Crippen molar-refractivity contribution < 1.29 is 13.5 Å². The molecule has 1 aliphatic heterocycles. The molecule has 5 nitrogen and oxygen atoms in total. The van der Waals surface area contributed by atoms with Gasteiger partial charge in [0.15, 0.2) is 0 Å². The number of aliphatic hydroxyl groups is 1. The molecule has 2 rings (SSSR count). The Bertz CT molecular complexity index is 491. The highest BCUT2D eigenvalue weighted by Crippen LogP contribution is 2.25. The van der Waals surface area contributed by atoms with Crippen molar-refractivity contribution in [2.45, 2.75) is 19.5 Å². The second-order valence-electron chi connectivity index (χ2n) is 4.44. The van der Waals surface area contributed by atoms with Crippen molar-refractivity contribution >= 4 is 10.2 Å². The highest BCUT2D eigenvalue weighted by atomic mass is 32.2. The zero-order valence-electron chi connectivity index (χ0n) is 10.4. The number of nitrogens with zero attached hydrogens (tertiary/aromatic N) is 2. The third kappa shape index (κ3) is 2.56. The van der Waals surface area contributed by atoms with Gasteiger partial charge in [0.25, 0.3) is 10.2 Å². The summed E-state index contributed by atoms with van der Waals surface area (Å²) in [7, 11) is -1.87. The molecular weight excluding hydrogens is 252 g/mol. The summed E-state index contributed by atoms with van der Waals surface area (Å²) in [5.74, 6) is 0. The van der Waals surface area contributed by atoms with E-state index in [9.17, 15) is 8.42 Å². The number of hydrogen-bond acceptors (Lipinski definition) is 3. The van der Waals surface area contributed by atoms with Gasteiger partial charge in [-0.3, -0.25) is 0 Å². The van der Waals surface area contributed by atoms with E-state index in [2.05, 4.69) is 0 Å². The van der Waals surface area contributed by atoms with Crippen LogP contribution in [-0.2, 0) is 23.3 Å². The predicted octanol–water partition coefficient (Wildman–Crippen LogP) is 0.561. The zero-order valence-corrected chi connectivity index (χ0v) is 11.2. The molecule has 1 aromatic rings. The van der Waals surface area contributed by atoms with Crippen molar-refractivity contribution in [2.75, 3.05) is 20.2 Å². The summed E-state index contributed by atoms with van der Waals surface area (Å²) in [6.07, 6.45) is 0.455. The van der Waals surface area contributed by atoms with E-state index < -0.39 is 10.2 Å². The summed E-state index contributed by atoms with van der Waals surface area (Å²) in [4.78, 5) is 0. The van der Waals surface area contributed by atoms with E-state index in [0.29, 0.717) is 26.1 Å². The number of aliphatic hydroxyl groups excluding tert-OH is 1. The lowest BCUT2D eigenvalue weighted by Gasteiger charge is -2.23. The van der Waals surface area contributed by atoms with E-state index in [1.54, 1.807) is 7.05 Å². The zero-order chi connectivity index (χ0) is 13.2. The third-order valence-electron chi connectivity index (χ3n) is 3.16. The summed E-state index contributed by atoms with van der Waals surface area (Å²) in [6.45, 7) is 1.20. The van der Waals surface area contributed by atoms with Gasteiger partial charge in [-0.25, -0.2) is 0 Å². The maximum atomic E-state index is 12.3. The molecule has 0 saturated carbocycles. The van der Waals surface area contributed by atoms with Crippen LogP contribution < -0.4 is 0 Å². The van der Waals surface area contributed by atoms with Crippen molar-refractivity contribution in [2.24, 2.45) is 0 Å². The number of rotatable bonds is 5. The van der Waals surface area contributed by atoms with E-state index >= 15 is 0 Å². The molecule has 0 fully saturated rings. The minimum absolute atomic E-state index is 0.0000849. The molecule has 0 atom stereocenters. The molecule has 100 valence electrons. The molecule has 1 N–H and O–H groups in total. The van der Waals surface area contributed by atoms with Crippen LogP contribution >= 0.6 is 0 Å². The molecule has 0 bridgehead atoms. The molecule has 1 heterocycles. The van der Waals surface area contributed by atoms with Gasteiger partial charge in [-0.05, 0) is 17.5 Å². The van der Waals surface area contributed by atoms with E-state index in [1.165, 1.54) is 8.61 Å². The molecular formula is C12H18N2O3S. The van der Waals surface area contributed by atoms with Crippen LogP contribution in [0.5, 0.6) is 0 Å². The van der Waals surface area contributed by atoms with Gasteiger partial charge < -0.3 is 5.11 Å². The van der Waals surface area contributed by atoms with Gasteiger partial charge in [-0.1, -0.05) is 24.3 Å². The van der Waals surface area contributed by atoms with Crippen LogP contribution in [0.15, 0.2) is 24.3 Å². The lowest BCUT2D eigenvalue weighted by Crippen LogP contribution is -2.39. The van der Waals surface area contributed by atoms with Gasteiger partial charge in [0.2, 0.25) is 0 Å². The largest absolute Gasteiger partial charge is 0.396 e. The standard InChI is InChI=1S/C12H18N2O3S/c1-13(7-4-8-15)18(16,17)14-9-11-5-2-3-6-12(11)10-14/h2-3,5-6,15H,4,7-10H2,1H3. The number of benzene rings is 1. The Morgan fingerprint density at radius 3 is 2.33 bits per heavy atom. The van der Waals surface area contributed by atoms with Crippen LogP contribution in [0.1, 0.15) is 17.5 Å². The molecule has 1 aromatic carbocycles. The minimum Gasteiger partial charge on any atom is -0.396 e. The SMILES string of the molecule is CN(CCCO)S(=O)(=O)N1Cc2ccccc2C1. The minimum atomic E-state index is -3.42. The maximum absolute atomic E-state index is 12.3. The van der Waals surface area contributed by atoms with Crippen molar-refractivity contribution in [1.29, 1.82) is 0 Å². The number of hydrogen-bond donors (Lipinski definition) is 1. The number of fused-ring (bicyclic) bond motifs is 1. The molecule has 0 spiro atoms. The summed E-state index contributed by atoms with van der Waals surface area (Å²) in [6, 6.07) is 7.76. The smallest absolute Gasteiger partial charge is 0.282 e. The van der Waals surface area contributed by atoms with E-state index in [4.69, 9.17) is 5.11 Å². The van der Waals surface area contributed by atoms with Crippen LogP contribution in [0.3, 0.4) is 0 Å². The second kappa shape index (κ2) is 5.36. The average molecular weight is 270 g/mol. The molecule has 0 amide bonds. The van der Waals surface area contributed by atoms with Gasteiger partial charge in [0, 0.05) is 33.3 Å². The first-order valence-electron chi connectivity index (χ1n) is 5.95. The van der Waals surface area contributed by atoms with Gasteiger partial charge in [0.1, 0.15) is 0 Å². The fourth-order valence-electron chi connectivity index (χ4n) is 2.07. The Morgan fingerprint density at radius 2 is 1.83 bits per heavy atom. The van der Waals surface area contributed by atoms with Crippen LogP contribution in [0.2, 0.25) is 0 Å². The normalized spacial score (nSPS) is 16.2. The fraction of sp³-hybridized carbons (Fsp3) is 0.500. The van der Waals surface area contributed by atoms with E-state index in [1.807, 2.05) is 24.3 Å². The quantitative estimate of drug-likeness (QED) is 0.850. The first-order chi connectivity index (χ1) is 8.55. The summed E-state index contributed by atoms with van der Waals surface area (Å²) in [5, 5.41) is 8.75. The molecule has 0 aromatic heterocycles. The molecule has 0 aliphatic carbocycles. The second-order valence-corrected chi connectivity index (χ2v) is 6.48. The van der Waals surface area contributed by atoms with Crippen molar-refractivity contribution in [3.63, 3.8) is 0 Å². The average Bonchev–Trinajstić information content (AvgIpc) is 2.80. The van der Waals surface area contributed by atoms with Gasteiger partial charge >= 0.3 is 0 Å². The Hall–Kier alpha value is -0.950. The molecule has 6 heteroatoms. The first kappa shape index (κ1) is 13.5. The van der Waals surface area contributed by atoms with E-state index in [-0.39, 0.29) is 6.61 Å². The monoisotopic (exact) mass is 270 g/mol. The Labute approximate surface area is 108 Å². The van der Waals surface area contributed by atoms with Crippen molar-refractivity contribution in [3.05, 3.63) is 35.4 Å². The van der Waals surface area contributed by atoms with Gasteiger partial charge in [-0.15, -0.1) is 0 Å². The van der Waals surface area contributed by atoms with Gasteiger partial charge in [-0.2, -0.15) is 17.0 Å². The molecule has 18 heavy (non-hydrogen) atoms. The topological polar surface area (TPSA) is 60.9 Å². The summed E-state index contributed by atoms with van der Waals surface area (Å²) >= 11 is 0. The van der Waals surface area contributed by atoms with Crippen LogP contribution in [0.25, 0.3) is 0 Å². The van der Waals surface area contributed by atoms with E-state index in [0.717, 1.165) is 11.1 Å². The lowest BCUT2D eigenvalue weighted by molar-refractivity contribution is 0.271. The first-order valence-corrected chi connectivity index (χ1v) is 7.34. The molecule has 0 unspecified atom stereocenters. The highest BCUT2D eigenvalue weighted by molar-refractivity contribution is 7.86. The van der Waals surface area contributed by atoms with Crippen LogP contribution in [0, 0.1) is 0 Å². The van der Waals surface area contributed by atoms with Crippen molar-refractivity contribution in [3.8, 4) is 0 Å². The highest BCUT2D eigenvalue weighted by Gasteiger charge is 2.31. The van der Waals surface area contributed by atoms with Crippen LogP contribution in [-0.4, -0.2) is 42.3 Å². The fourth-order valence-corrected chi connectivity index (χ4v) is 3.43. The molecule has 1 aliphatic rings. The van der Waals surface area contributed by atoms with Crippen LogP contribution in [0.4, 0.5) is 0 Å². The molecule has 0 radical (unpaired) electrons. The third-order valence-corrected chi connectivity index (χ3v) is 5.04.